The van der Waals surface area contributed by atoms with Crippen molar-refractivity contribution in [2.45, 2.75) is 44.2 Å². The van der Waals surface area contributed by atoms with Gasteiger partial charge in [-0.1, -0.05) is 6.07 Å². The third kappa shape index (κ3) is 9.98. The number of aliphatic hydroxyl groups excluding tert-OH is 4. The lowest BCUT2D eigenvalue weighted by Gasteiger charge is -2.36. The fraction of sp³-hybridized carbons (Fsp3) is 0.400. The van der Waals surface area contributed by atoms with Gasteiger partial charge in [-0.15, -0.1) is 0 Å². The first-order valence-electron chi connectivity index (χ1n) is 12.7. The summed E-state index contributed by atoms with van der Waals surface area (Å²) in [5.74, 6) is 0.755. The van der Waals surface area contributed by atoms with Gasteiger partial charge in [0.2, 0.25) is 11.7 Å². The fourth-order valence-corrected chi connectivity index (χ4v) is 4.12. The van der Waals surface area contributed by atoms with E-state index >= 15 is 0 Å². The molecule has 0 saturated carbocycles. The maximum Gasteiger partial charge on any atom is 0.466 e. The molecule has 4 rings (SSSR count). The summed E-state index contributed by atoms with van der Waals surface area (Å²) in [6.45, 7) is 2.56. The van der Waals surface area contributed by atoms with Gasteiger partial charge < -0.3 is 75.9 Å². The van der Waals surface area contributed by atoms with E-state index in [1.165, 1.54) is 0 Å². The summed E-state index contributed by atoms with van der Waals surface area (Å²) in [4.78, 5) is 40.2. The summed E-state index contributed by atoms with van der Waals surface area (Å²) < 4.78 is 29.4. The smallest absolute Gasteiger partial charge is 0.466 e. The monoisotopic (exact) mass is 661 g/mol. The molecule has 0 bridgehead atoms. The molecule has 1 fully saturated rings. The number of anilines is 3. The number of hydrogen-bond acceptors (Lipinski definition) is 15. The van der Waals surface area contributed by atoms with Crippen molar-refractivity contribution in [1.29, 1.82) is 0 Å². The van der Waals surface area contributed by atoms with Crippen LogP contribution in [-0.4, -0.2) is 108 Å². The summed E-state index contributed by atoms with van der Waals surface area (Å²) in [6, 6.07) is 7.60. The maximum atomic E-state index is 10.4. The second-order valence-corrected chi connectivity index (χ2v) is 10.3. The molecule has 0 amide bonds. The molecule has 1 aromatic heterocycles. The Hall–Kier alpha value is -4.04. The molecule has 0 radical (unpaired) electrons. The molecular weight excluding hydrogens is 625 g/mol. The molecule has 2 aromatic carbocycles. The quantitative estimate of drug-likeness (QED) is 0.131. The molecule has 2 heterocycles. The van der Waals surface area contributed by atoms with E-state index < -0.39 is 44.5 Å². The van der Waals surface area contributed by atoms with Gasteiger partial charge in [0.15, 0.2) is 23.9 Å². The average molecular weight is 662 g/mol. The highest BCUT2D eigenvalue weighted by Crippen LogP contribution is 2.40. The second-order valence-electron chi connectivity index (χ2n) is 9.25. The summed E-state index contributed by atoms with van der Waals surface area (Å²) in [5, 5.41) is 48.5. The number of aryl methyl sites for hydroxylation is 1. The van der Waals surface area contributed by atoms with E-state index in [9.17, 15) is 4.79 Å². The van der Waals surface area contributed by atoms with Crippen LogP contribution >= 0.6 is 7.82 Å². The van der Waals surface area contributed by atoms with Gasteiger partial charge in [0.25, 0.3) is 0 Å². The minimum absolute atomic E-state index is 0.169. The second kappa shape index (κ2) is 15.8. The van der Waals surface area contributed by atoms with Crippen molar-refractivity contribution >= 4 is 42.1 Å². The predicted molar refractivity (Wildman–Crippen MR) is 157 cm³/mol. The Morgan fingerprint density at radius 3 is 2.00 bits per heavy atom. The number of carboxylic acid groups (broad SMARTS) is 1. The molecule has 1 aliphatic heterocycles. The van der Waals surface area contributed by atoms with Crippen LogP contribution in [0.5, 0.6) is 17.2 Å². The molecule has 1 aliphatic rings. The van der Waals surface area contributed by atoms with Crippen molar-refractivity contribution in [3.63, 3.8) is 0 Å². The molecule has 1 saturated heterocycles. The van der Waals surface area contributed by atoms with E-state index in [-0.39, 0.29) is 5.95 Å². The summed E-state index contributed by atoms with van der Waals surface area (Å²) in [6.07, 6.45) is -8.72. The van der Waals surface area contributed by atoms with Crippen molar-refractivity contribution in [3.05, 3.63) is 35.4 Å². The molecule has 3 aromatic rings. The molecule has 0 aliphatic carbocycles. The highest BCUT2D eigenvalue weighted by molar-refractivity contribution is 7.45. The number of nitrogens with zero attached hydrogens (tertiary/aromatic N) is 2. The number of nitrogens with one attached hydrogen (secondary N) is 1. The highest BCUT2D eigenvalue weighted by Gasteiger charge is 2.46. The lowest BCUT2D eigenvalue weighted by atomic mass is 9.99. The Morgan fingerprint density at radius 2 is 1.51 bits per heavy atom. The van der Waals surface area contributed by atoms with Gasteiger partial charge in [0.1, 0.15) is 24.1 Å². The van der Waals surface area contributed by atoms with Gasteiger partial charge in [-0.25, -0.2) is 14.3 Å². The van der Waals surface area contributed by atoms with Crippen LogP contribution in [0.4, 0.5) is 17.5 Å². The number of fused-ring (bicyclic) bond motifs is 1. The summed E-state index contributed by atoms with van der Waals surface area (Å²) in [5.41, 5.74) is 15.4. The lowest BCUT2D eigenvalue weighted by molar-refractivity contribution is -0.279. The minimum atomic E-state index is -4.64. The van der Waals surface area contributed by atoms with E-state index in [1.54, 1.807) is 21.3 Å². The molecular formula is C25H36N5O14P. The van der Waals surface area contributed by atoms with Gasteiger partial charge >= 0.3 is 13.8 Å². The minimum Gasteiger partial charge on any atom is -0.493 e. The topological polar surface area (TPSA) is 323 Å². The normalized spacial score (nSPS) is 21.0. The number of phosphoric acid groups is 1. The van der Waals surface area contributed by atoms with Crippen LogP contribution in [0.25, 0.3) is 10.9 Å². The Labute approximate surface area is 255 Å². The third-order valence-electron chi connectivity index (χ3n) is 6.26. The van der Waals surface area contributed by atoms with Crippen molar-refractivity contribution in [1.82, 2.24) is 9.97 Å². The zero-order chi connectivity index (χ0) is 34.2. The van der Waals surface area contributed by atoms with Crippen LogP contribution < -0.4 is 31.0 Å². The molecule has 19 nitrogen and oxygen atoms in total. The maximum absolute atomic E-state index is 10.4. The zero-order valence-corrected chi connectivity index (χ0v) is 25.3. The molecule has 250 valence electrons. The number of rotatable bonds is 7. The Bertz CT molecular complexity index is 1490. The average Bonchev–Trinajstić information content (AvgIpc) is 2.95. The van der Waals surface area contributed by atoms with Gasteiger partial charge in [-0.05, 0) is 24.1 Å². The number of methoxy groups -OCH3 is 3. The van der Waals surface area contributed by atoms with E-state index in [0.29, 0.717) is 29.6 Å². The molecule has 20 heteroatoms. The van der Waals surface area contributed by atoms with Gasteiger partial charge in [0.05, 0.1) is 26.8 Å². The molecule has 13 N–H and O–H groups in total. The van der Waals surface area contributed by atoms with Crippen LogP contribution in [0.2, 0.25) is 0 Å². The SMILES string of the molecule is COc1cc(NCc2ccc3nc(N)nc(N)c3c2C)cc(OC)c1OC.O=C(O)[C@H]1O[C@@H](O)[C@H](O)[C@@H](O)[C@@H]1O.O=P(O)(O)O. The number of hydrogen-bond donors (Lipinski definition) is 11. The number of ether oxygens (including phenoxy) is 4. The van der Waals surface area contributed by atoms with Crippen LogP contribution in [0, 0.1) is 6.92 Å². The number of nitrogen functional groups attached to an aromatic ring is 2. The van der Waals surface area contributed by atoms with Crippen LogP contribution in [-0.2, 0) is 20.6 Å². The number of aromatic nitrogens is 2. The van der Waals surface area contributed by atoms with Crippen LogP contribution in [0.15, 0.2) is 24.3 Å². The Balaban J connectivity index is 0.000000325. The third-order valence-corrected chi connectivity index (χ3v) is 6.26. The first-order chi connectivity index (χ1) is 20.9. The van der Waals surface area contributed by atoms with E-state index in [4.69, 9.17) is 70.5 Å². The van der Waals surface area contributed by atoms with Crippen molar-refractivity contribution in [2.24, 2.45) is 0 Å². The van der Waals surface area contributed by atoms with Crippen molar-refractivity contribution in [2.75, 3.05) is 38.1 Å². The highest BCUT2D eigenvalue weighted by atomic mass is 31.2. The van der Waals surface area contributed by atoms with E-state index in [0.717, 1.165) is 27.7 Å². The largest absolute Gasteiger partial charge is 0.493 e. The van der Waals surface area contributed by atoms with Crippen molar-refractivity contribution < 1.29 is 68.5 Å². The number of benzene rings is 2. The zero-order valence-electron chi connectivity index (χ0n) is 24.4. The molecule has 5 atom stereocenters. The van der Waals surface area contributed by atoms with Gasteiger partial charge in [0, 0.05) is 29.8 Å². The van der Waals surface area contributed by atoms with E-state index in [2.05, 4.69) is 20.0 Å². The Kier molecular flexibility index (Phi) is 13.0. The predicted octanol–water partition coefficient (Wildman–Crippen LogP) is -1.32. The standard InChI is InChI=1S/C19H23N5O3.C6H10O7.H3O4P/c1-10-11(5-6-13-16(10)18(20)24-19(21)23-13)9-22-12-7-14(25-2)17(27-4)15(8-12)26-3;7-1-2(8)4(5(10)11)13-6(12)3(1)9;1-5(2,3)4/h5-8,22H,9H2,1-4H3,(H4,20,21,23,24);1-4,6-9,12H,(H,10,11);(H3,1,2,3,4)/t;1-,2-,3+,4-,6+;/m.0./s1. The molecule has 45 heavy (non-hydrogen) atoms. The van der Waals surface area contributed by atoms with Gasteiger partial charge in [-0.2, -0.15) is 4.98 Å². The first kappa shape index (κ1) is 37.1. The lowest BCUT2D eigenvalue weighted by Crippen LogP contribution is -2.59. The summed E-state index contributed by atoms with van der Waals surface area (Å²) >= 11 is 0. The number of carboxylic acids is 1. The van der Waals surface area contributed by atoms with Gasteiger partial charge in [-0.3, -0.25) is 0 Å². The number of aliphatic carboxylic acids is 1. The molecule has 0 unspecified atom stereocenters. The fourth-order valence-electron chi connectivity index (χ4n) is 4.12. The summed E-state index contributed by atoms with van der Waals surface area (Å²) in [7, 11) is 0.108. The number of nitrogens with two attached hydrogens (primary N) is 2. The van der Waals surface area contributed by atoms with Crippen LogP contribution in [0.1, 0.15) is 11.1 Å². The number of carbonyl (C=O) groups is 1. The molecule has 0 spiro atoms. The van der Waals surface area contributed by atoms with Crippen LogP contribution in [0.3, 0.4) is 0 Å². The Morgan fingerprint density at radius 1 is 0.956 bits per heavy atom. The number of aliphatic hydroxyl groups is 4. The first-order valence-corrected chi connectivity index (χ1v) is 14.2. The van der Waals surface area contributed by atoms with E-state index in [1.807, 2.05) is 31.2 Å². The van der Waals surface area contributed by atoms with Crippen molar-refractivity contribution in [3.8, 4) is 17.2 Å².